The van der Waals surface area contributed by atoms with Crippen LogP contribution in [0.5, 0.6) is 5.75 Å². The summed E-state index contributed by atoms with van der Waals surface area (Å²) >= 11 is 0. The summed E-state index contributed by atoms with van der Waals surface area (Å²) in [4.78, 5) is 13.2. The van der Waals surface area contributed by atoms with Crippen LogP contribution in [-0.4, -0.2) is 38.8 Å². The maximum absolute atomic E-state index is 13.1. The molecule has 1 fully saturated rings. The Labute approximate surface area is 198 Å². The SMILES string of the molecule is COc1cc(C)c([C@@H](C)NC(=O)c2cccc(S(=O)(=O)N3CCCCCC3)c2)cc1C(C)C. The van der Waals surface area contributed by atoms with Crippen molar-refractivity contribution in [3.63, 3.8) is 0 Å². The largest absolute Gasteiger partial charge is 0.496 e. The third-order valence-corrected chi connectivity index (χ3v) is 8.25. The van der Waals surface area contributed by atoms with Gasteiger partial charge in [-0.15, -0.1) is 0 Å². The zero-order chi connectivity index (χ0) is 24.2. The van der Waals surface area contributed by atoms with Crippen LogP contribution in [-0.2, 0) is 10.0 Å². The third kappa shape index (κ3) is 5.76. The number of nitrogens with zero attached hydrogens (tertiary/aromatic N) is 1. The van der Waals surface area contributed by atoms with E-state index in [9.17, 15) is 13.2 Å². The fourth-order valence-corrected chi connectivity index (χ4v) is 5.96. The normalized spacial score (nSPS) is 16.3. The van der Waals surface area contributed by atoms with E-state index in [0.29, 0.717) is 18.7 Å². The monoisotopic (exact) mass is 472 g/mol. The van der Waals surface area contributed by atoms with Crippen LogP contribution < -0.4 is 10.1 Å². The number of methoxy groups -OCH3 is 1. The number of hydrogen-bond donors (Lipinski definition) is 1. The first kappa shape index (κ1) is 25.2. The summed E-state index contributed by atoms with van der Waals surface area (Å²) in [6, 6.07) is 10.2. The van der Waals surface area contributed by atoms with E-state index < -0.39 is 10.0 Å². The highest BCUT2D eigenvalue weighted by atomic mass is 32.2. The molecule has 3 rings (SSSR count). The van der Waals surface area contributed by atoms with Gasteiger partial charge >= 0.3 is 0 Å². The Bertz CT molecular complexity index is 1090. The topological polar surface area (TPSA) is 75.7 Å². The first-order valence-electron chi connectivity index (χ1n) is 11.7. The van der Waals surface area contributed by atoms with E-state index in [1.807, 2.05) is 19.9 Å². The minimum absolute atomic E-state index is 0.174. The second-order valence-electron chi connectivity index (χ2n) is 9.15. The highest BCUT2D eigenvalue weighted by Gasteiger charge is 2.26. The van der Waals surface area contributed by atoms with Crippen LogP contribution in [0.3, 0.4) is 0 Å². The second kappa shape index (κ2) is 10.7. The lowest BCUT2D eigenvalue weighted by Gasteiger charge is -2.22. The van der Waals surface area contributed by atoms with Crippen LogP contribution in [0.1, 0.15) is 85.5 Å². The fraction of sp³-hybridized carbons (Fsp3) is 0.500. The van der Waals surface area contributed by atoms with E-state index in [4.69, 9.17) is 4.74 Å². The van der Waals surface area contributed by atoms with Gasteiger partial charge in [0.2, 0.25) is 10.0 Å². The summed E-state index contributed by atoms with van der Waals surface area (Å²) < 4.78 is 33.4. The van der Waals surface area contributed by atoms with Gasteiger partial charge in [0, 0.05) is 18.7 Å². The Morgan fingerprint density at radius 3 is 2.27 bits per heavy atom. The Morgan fingerprint density at radius 2 is 1.67 bits per heavy atom. The third-order valence-electron chi connectivity index (χ3n) is 6.35. The molecule has 33 heavy (non-hydrogen) atoms. The van der Waals surface area contributed by atoms with Crippen molar-refractivity contribution in [2.24, 2.45) is 0 Å². The van der Waals surface area contributed by atoms with Crippen molar-refractivity contribution in [1.29, 1.82) is 0 Å². The summed E-state index contributed by atoms with van der Waals surface area (Å²) in [7, 11) is -1.95. The second-order valence-corrected chi connectivity index (χ2v) is 11.1. The molecule has 1 aliphatic rings. The number of nitrogens with one attached hydrogen (secondary N) is 1. The van der Waals surface area contributed by atoms with E-state index in [2.05, 4.69) is 25.2 Å². The van der Waals surface area contributed by atoms with E-state index >= 15 is 0 Å². The predicted octanol–water partition coefficient (Wildman–Crippen LogP) is 5.18. The molecule has 2 aromatic carbocycles. The van der Waals surface area contributed by atoms with Crippen LogP contribution >= 0.6 is 0 Å². The van der Waals surface area contributed by atoms with Crippen LogP contribution in [0.25, 0.3) is 0 Å². The van der Waals surface area contributed by atoms with Gasteiger partial charge in [0.05, 0.1) is 18.0 Å². The van der Waals surface area contributed by atoms with Gasteiger partial charge in [-0.3, -0.25) is 4.79 Å². The van der Waals surface area contributed by atoms with E-state index in [0.717, 1.165) is 48.1 Å². The smallest absolute Gasteiger partial charge is 0.251 e. The number of hydrogen-bond acceptors (Lipinski definition) is 4. The van der Waals surface area contributed by atoms with Crippen LogP contribution in [0.2, 0.25) is 0 Å². The summed E-state index contributed by atoms with van der Waals surface area (Å²) in [6.07, 6.45) is 3.85. The number of aryl methyl sites for hydroxylation is 1. The first-order chi connectivity index (χ1) is 15.6. The molecule has 6 nitrogen and oxygen atoms in total. The summed E-state index contributed by atoms with van der Waals surface area (Å²) in [6.45, 7) is 9.22. The minimum atomic E-state index is -3.61. The molecule has 0 spiro atoms. The van der Waals surface area contributed by atoms with E-state index in [1.165, 1.54) is 6.07 Å². The van der Waals surface area contributed by atoms with Gasteiger partial charge in [-0.05, 0) is 79.6 Å². The van der Waals surface area contributed by atoms with Gasteiger partial charge in [0.1, 0.15) is 5.75 Å². The number of amides is 1. The van der Waals surface area contributed by atoms with Gasteiger partial charge in [-0.2, -0.15) is 4.31 Å². The maximum atomic E-state index is 13.1. The Balaban J connectivity index is 1.82. The molecule has 1 saturated heterocycles. The molecule has 0 unspecified atom stereocenters. The molecule has 0 bridgehead atoms. The number of ether oxygens (including phenoxy) is 1. The molecule has 1 atom stereocenters. The molecule has 0 saturated carbocycles. The highest BCUT2D eigenvalue weighted by molar-refractivity contribution is 7.89. The number of carbonyl (C=O) groups is 1. The summed E-state index contributed by atoms with van der Waals surface area (Å²) in [5.74, 6) is 0.830. The summed E-state index contributed by atoms with van der Waals surface area (Å²) in [5, 5.41) is 3.04. The average molecular weight is 473 g/mol. The van der Waals surface area contributed by atoms with E-state index in [1.54, 1.807) is 29.6 Å². The quantitative estimate of drug-likeness (QED) is 0.602. The Morgan fingerprint density at radius 1 is 1.00 bits per heavy atom. The van der Waals surface area contributed by atoms with Crippen molar-refractivity contribution in [3.05, 3.63) is 58.7 Å². The molecule has 1 aliphatic heterocycles. The van der Waals surface area contributed by atoms with Crippen LogP contribution in [0.4, 0.5) is 0 Å². The lowest BCUT2D eigenvalue weighted by atomic mass is 9.93. The van der Waals surface area contributed by atoms with E-state index in [-0.39, 0.29) is 22.8 Å². The zero-order valence-corrected chi connectivity index (χ0v) is 21.2. The maximum Gasteiger partial charge on any atom is 0.251 e. The van der Waals surface area contributed by atoms with Crippen molar-refractivity contribution in [3.8, 4) is 5.75 Å². The molecule has 1 amide bonds. The van der Waals surface area contributed by atoms with Gasteiger partial charge < -0.3 is 10.1 Å². The number of carbonyl (C=O) groups excluding carboxylic acids is 1. The van der Waals surface area contributed by atoms with Crippen molar-refractivity contribution in [1.82, 2.24) is 9.62 Å². The number of sulfonamides is 1. The molecule has 7 heteroatoms. The van der Waals surface area contributed by atoms with Gasteiger partial charge in [0.15, 0.2) is 0 Å². The first-order valence-corrected chi connectivity index (χ1v) is 13.2. The number of rotatable bonds is 7. The lowest BCUT2D eigenvalue weighted by molar-refractivity contribution is 0.0939. The zero-order valence-electron chi connectivity index (χ0n) is 20.3. The predicted molar refractivity (Wildman–Crippen MR) is 131 cm³/mol. The van der Waals surface area contributed by atoms with Gasteiger partial charge in [0.25, 0.3) is 5.91 Å². The molecule has 1 heterocycles. The Hall–Kier alpha value is -2.38. The lowest BCUT2D eigenvalue weighted by Crippen LogP contribution is -2.32. The minimum Gasteiger partial charge on any atom is -0.496 e. The molecular weight excluding hydrogens is 436 g/mol. The van der Waals surface area contributed by atoms with Crippen molar-refractivity contribution >= 4 is 15.9 Å². The van der Waals surface area contributed by atoms with Crippen LogP contribution in [0, 0.1) is 6.92 Å². The molecule has 0 aliphatic carbocycles. The average Bonchev–Trinajstić information content (AvgIpc) is 3.08. The summed E-state index contributed by atoms with van der Waals surface area (Å²) in [5.41, 5.74) is 3.47. The van der Waals surface area contributed by atoms with Crippen molar-refractivity contribution in [2.75, 3.05) is 20.2 Å². The molecule has 2 aromatic rings. The van der Waals surface area contributed by atoms with Gasteiger partial charge in [-0.25, -0.2) is 8.42 Å². The van der Waals surface area contributed by atoms with Crippen molar-refractivity contribution < 1.29 is 17.9 Å². The molecule has 0 aromatic heterocycles. The molecular formula is C26H36N2O4S. The number of benzene rings is 2. The standard InChI is InChI=1S/C26H36N2O4S/c1-18(2)23-17-24(19(3)15-25(23)32-5)20(4)27-26(29)21-11-10-12-22(16-21)33(30,31)28-13-8-6-7-9-14-28/h10-12,15-18,20H,6-9,13-14H2,1-5H3,(H,27,29)/t20-/m1/s1. The molecule has 1 N–H and O–H groups in total. The van der Waals surface area contributed by atoms with Crippen LogP contribution in [0.15, 0.2) is 41.3 Å². The molecule has 0 radical (unpaired) electrons. The fourth-order valence-electron chi connectivity index (χ4n) is 4.40. The molecule has 180 valence electrons. The van der Waals surface area contributed by atoms with Gasteiger partial charge in [-0.1, -0.05) is 32.8 Å². The Kier molecular flexibility index (Phi) is 8.19. The van der Waals surface area contributed by atoms with Crippen molar-refractivity contribution in [2.45, 2.75) is 70.2 Å². The highest BCUT2D eigenvalue weighted by Crippen LogP contribution is 2.32.